The maximum Gasteiger partial charge on any atom is 0.573 e. The average molecular weight is 1520 g/mol. The van der Waals surface area contributed by atoms with Gasteiger partial charge in [-0.15, -0.1) is 50.9 Å². The summed E-state index contributed by atoms with van der Waals surface area (Å²) in [4.78, 5) is 12.1. The average Bonchev–Trinajstić information content (AvgIpc) is 1.59. The Hall–Kier alpha value is -8.97. The lowest BCUT2D eigenvalue weighted by atomic mass is 9.88. The number of aliphatic hydroxyl groups is 3. The third-order valence-corrected chi connectivity index (χ3v) is 24.1. The van der Waals surface area contributed by atoms with E-state index in [9.17, 15) is 80.1 Å². The Morgan fingerprint density at radius 1 is 0.404 bits per heavy atom. The summed E-state index contributed by atoms with van der Waals surface area (Å²) in [6.45, 7) is 0. The van der Waals surface area contributed by atoms with Gasteiger partial charge in [-0.1, -0.05) is 54.6 Å². The number of halogens is 9. The van der Waals surface area contributed by atoms with E-state index in [1.807, 2.05) is 99.4 Å². The Bertz CT molecular complexity index is 5100. The Balaban J connectivity index is 0.000000139. The third kappa shape index (κ3) is 15.7. The second-order valence-corrected chi connectivity index (χ2v) is 31.2. The van der Waals surface area contributed by atoms with Crippen molar-refractivity contribution in [2.45, 2.75) is 146 Å². The van der Waals surface area contributed by atoms with Crippen molar-refractivity contribution in [1.29, 1.82) is 0 Å². The van der Waals surface area contributed by atoms with Gasteiger partial charge in [0.05, 0.1) is 102 Å². The number of thiophene rings is 1. The molecule has 6 N–H and O–H groups in total. The van der Waals surface area contributed by atoms with Crippen LogP contribution in [-0.4, -0.2) is 125 Å². The van der Waals surface area contributed by atoms with Gasteiger partial charge < -0.3 is 43.2 Å². The van der Waals surface area contributed by atoms with Crippen LogP contribution in [0.1, 0.15) is 75.9 Å². The fraction of sp³-hybridized carbons (Fsp3) is 0.300. The Morgan fingerprint density at radius 3 is 1.20 bits per heavy atom. The van der Waals surface area contributed by atoms with E-state index in [-0.39, 0.29) is 20.7 Å². The molecule has 6 aromatic heterocycles. The minimum absolute atomic E-state index is 0.206. The van der Waals surface area contributed by atoms with Crippen LogP contribution >= 0.6 is 11.3 Å². The minimum atomic E-state index is -4.88. The van der Waals surface area contributed by atoms with Gasteiger partial charge in [-0.3, -0.25) is 4.98 Å². The highest BCUT2D eigenvalue weighted by Gasteiger charge is 2.42. The predicted molar refractivity (Wildman–Crippen MR) is 368 cm³/mol. The number of hydrogen-bond donors (Lipinski definition) is 6. The van der Waals surface area contributed by atoms with Crippen molar-refractivity contribution in [3.05, 3.63) is 188 Å². The lowest BCUT2D eigenvalue weighted by molar-refractivity contribution is -0.275. The van der Waals surface area contributed by atoms with Crippen LogP contribution in [0.4, 0.5) is 39.5 Å². The second kappa shape index (κ2) is 29.2. The number of aromatic nitrogens is 6. The van der Waals surface area contributed by atoms with Crippen molar-refractivity contribution in [1.82, 2.24) is 42.8 Å². The standard InChI is InChI=1S/C24H22F3N3O4S.C23H21F3N4O4S.C23H21F3N2O4S2/c25-24(26,27)34-15-8-10-16(11-9-15)35(32,33)29-19-5-3-7-21(23(19)31)30-20-6-2-1-4-17(20)18-12-13-28-14-22(18)30;24-23(25,26)34-14-8-10-15(11-9-14)35(32,33)29-18-5-3-7-20(21(18)31)30-19-6-2-1-4-16(19)17-12-27-13-28-22(17)30;24-23(25,26)32-14-8-10-15(11-9-14)34(30,31)27-17-5-3-7-19(21(17)29)28-18-6-2-1-4-16(18)22-20(28)12-13-33-22/h1-2,4,6,8-14,19,21,23,29,31H,3,5,7H2;1-2,4,6,8-13,18,20-21,29,31H,3,5,7H2;1-2,4,6,8-13,17,19,21,27,29H,3,5,7H2/t19-,21?,23+;18-,20?,21+;17-,19?,21+/m000/s1. The van der Waals surface area contributed by atoms with Crippen LogP contribution in [0.3, 0.4) is 0 Å². The number of para-hydroxylation sites is 3. The summed E-state index contributed by atoms with van der Waals surface area (Å²) in [6, 6.07) is 35.6. The van der Waals surface area contributed by atoms with Crippen LogP contribution in [0.15, 0.2) is 203 Å². The van der Waals surface area contributed by atoms with Crippen molar-refractivity contribution in [3.8, 4) is 17.2 Å². The van der Waals surface area contributed by atoms with E-state index in [1.165, 1.54) is 6.33 Å². The minimum Gasteiger partial charge on any atom is -0.406 e. The largest absolute Gasteiger partial charge is 0.573 e. The molecule has 15 rings (SSSR count). The van der Waals surface area contributed by atoms with Crippen molar-refractivity contribution in [2.75, 3.05) is 0 Å². The molecular formula is C70H64F9N9O12S4. The smallest absolute Gasteiger partial charge is 0.406 e. The molecule has 3 aliphatic carbocycles. The van der Waals surface area contributed by atoms with Gasteiger partial charge in [0.1, 0.15) is 29.2 Å². The van der Waals surface area contributed by atoms with Crippen LogP contribution in [0.25, 0.3) is 64.9 Å². The summed E-state index contributed by atoms with van der Waals surface area (Å²) in [5.74, 6) is -1.56. The van der Waals surface area contributed by atoms with E-state index in [1.54, 1.807) is 29.9 Å². The van der Waals surface area contributed by atoms with Gasteiger partial charge in [0.15, 0.2) is 0 Å². The zero-order valence-corrected chi connectivity index (χ0v) is 57.5. The zero-order valence-electron chi connectivity index (χ0n) is 54.2. The number of fused-ring (bicyclic) bond motifs is 9. The molecule has 12 aromatic rings. The number of nitrogens with zero attached hydrogens (tertiary/aromatic N) is 6. The first kappa shape index (κ1) is 73.3. The van der Waals surface area contributed by atoms with Gasteiger partial charge in [0, 0.05) is 44.8 Å². The molecule has 9 atom stereocenters. The predicted octanol–water partition coefficient (Wildman–Crippen LogP) is 13.6. The van der Waals surface area contributed by atoms with Gasteiger partial charge in [-0.25, -0.2) is 49.4 Å². The molecule has 0 amide bonds. The molecular weight excluding hydrogens is 1460 g/mol. The Kier molecular flexibility index (Phi) is 20.6. The highest BCUT2D eigenvalue weighted by molar-refractivity contribution is 7.90. The molecule has 34 heteroatoms. The molecule has 6 aromatic carbocycles. The molecule has 104 heavy (non-hydrogen) atoms. The highest BCUT2D eigenvalue weighted by atomic mass is 32.2. The SMILES string of the molecule is O=S(=O)(N[C@H]1CCCC(n2c3ccccc3c3ccncc32)[C@@H]1O)c1ccc(OC(F)(F)F)cc1.O=S(=O)(N[C@H]1CCCC(n2c3ccccc3c3cncnc32)[C@@H]1O)c1ccc(OC(F)(F)F)cc1.O=S(=O)(N[C@H]1CCCC(n2c3ccccc3c3sccc32)[C@@H]1O)c1ccc(OC(F)(F)F)cc1. The first-order valence-corrected chi connectivity index (χ1v) is 37.9. The van der Waals surface area contributed by atoms with Crippen LogP contribution in [0.5, 0.6) is 17.2 Å². The molecule has 6 heterocycles. The number of aliphatic hydroxyl groups excluding tert-OH is 3. The summed E-state index contributed by atoms with van der Waals surface area (Å²) in [5.41, 5.74) is 5.26. The number of benzene rings is 6. The summed E-state index contributed by atoms with van der Waals surface area (Å²) in [5, 5.41) is 40.7. The van der Waals surface area contributed by atoms with E-state index in [0.29, 0.717) is 63.4 Å². The molecule has 0 bridgehead atoms. The maximum atomic E-state index is 13.0. The number of nitrogens with one attached hydrogen (secondary N) is 3. The summed E-state index contributed by atoms with van der Waals surface area (Å²) in [7, 11) is -12.3. The van der Waals surface area contributed by atoms with E-state index in [2.05, 4.69) is 47.9 Å². The molecule has 3 saturated carbocycles. The normalized spacial score (nSPS) is 21.6. The van der Waals surface area contributed by atoms with Gasteiger partial charge in [0.2, 0.25) is 30.1 Å². The second-order valence-electron chi connectivity index (χ2n) is 25.2. The van der Waals surface area contributed by atoms with Gasteiger partial charge in [0.25, 0.3) is 0 Å². The first-order valence-electron chi connectivity index (χ1n) is 32.6. The number of pyridine rings is 1. The molecule has 3 fully saturated rings. The molecule has 0 radical (unpaired) electrons. The van der Waals surface area contributed by atoms with Gasteiger partial charge in [-0.05, 0) is 166 Å². The van der Waals surface area contributed by atoms with Crippen LogP contribution in [-0.2, 0) is 30.1 Å². The third-order valence-electron chi connectivity index (χ3n) is 18.7. The molecule has 3 aliphatic rings. The van der Waals surface area contributed by atoms with Crippen LogP contribution < -0.4 is 28.4 Å². The van der Waals surface area contributed by atoms with Crippen LogP contribution in [0, 0.1) is 0 Å². The number of sulfonamides is 3. The van der Waals surface area contributed by atoms with E-state index in [0.717, 1.165) is 132 Å². The number of hydrogen-bond acceptors (Lipinski definition) is 16. The quantitative estimate of drug-likeness (QED) is 0.0521. The fourth-order valence-corrected chi connectivity index (χ4v) is 19.1. The number of rotatable bonds is 15. The molecule has 21 nitrogen and oxygen atoms in total. The van der Waals surface area contributed by atoms with E-state index >= 15 is 0 Å². The fourth-order valence-electron chi connectivity index (χ4n) is 14.3. The monoisotopic (exact) mass is 1520 g/mol. The highest BCUT2D eigenvalue weighted by Crippen LogP contribution is 2.43. The zero-order chi connectivity index (χ0) is 73.7. The van der Waals surface area contributed by atoms with E-state index in [4.69, 9.17) is 0 Å². The van der Waals surface area contributed by atoms with Crippen molar-refractivity contribution in [2.24, 2.45) is 0 Å². The Labute approximate surface area is 591 Å². The first-order chi connectivity index (χ1) is 49.4. The molecule has 0 spiro atoms. The van der Waals surface area contributed by atoms with Crippen molar-refractivity contribution < 1.29 is 94.3 Å². The number of ether oxygens (including phenoxy) is 3. The summed E-state index contributed by atoms with van der Waals surface area (Å²) >= 11 is 1.62. The Morgan fingerprint density at radius 2 is 0.769 bits per heavy atom. The lowest BCUT2D eigenvalue weighted by Crippen LogP contribution is -2.49. The molecule has 548 valence electrons. The van der Waals surface area contributed by atoms with Crippen LogP contribution in [0.2, 0.25) is 0 Å². The molecule has 0 saturated heterocycles. The maximum absolute atomic E-state index is 13.0. The molecule has 3 unspecified atom stereocenters. The van der Waals surface area contributed by atoms with Crippen molar-refractivity contribution in [3.63, 3.8) is 0 Å². The number of alkyl halides is 9. The summed E-state index contributed by atoms with van der Waals surface area (Å²) < 4.78 is 215. The summed E-state index contributed by atoms with van der Waals surface area (Å²) in [6.07, 6.45) is -5.91. The van der Waals surface area contributed by atoms with Gasteiger partial charge in [-0.2, -0.15) is 0 Å². The lowest BCUT2D eigenvalue weighted by Gasteiger charge is -2.36. The van der Waals surface area contributed by atoms with E-state index < -0.39 is 115 Å². The molecule has 0 aliphatic heterocycles. The van der Waals surface area contributed by atoms with Gasteiger partial charge >= 0.3 is 19.1 Å². The van der Waals surface area contributed by atoms with Crippen molar-refractivity contribution >= 4 is 106 Å². The topological polar surface area (TPSA) is 280 Å².